The molecule has 0 spiro atoms. The summed E-state index contributed by atoms with van der Waals surface area (Å²) in [5, 5.41) is 1.79. The van der Waals surface area contributed by atoms with E-state index in [0.29, 0.717) is 39.1 Å². The van der Waals surface area contributed by atoms with Crippen molar-refractivity contribution in [3.8, 4) is 0 Å². The number of nitrogens with two attached hydrogens (primary N) is 1. The van der Waals surface area contributed by atoms with E-state index in [1.807, 2.05) is 20.8 Å². The van der Waals surface area contributed by atoms with E-state index in [-0.39, 0.29) is 6.29 Å². The van der Waals surface area contributed by atoms with Gasteiger partial charge in [0.05, 0.1) is 6.61 Å². The summed E-state index contributed by atoms with van der Waals surface area (Å²) in [4.78, 5) is 12.2. The van der Waals surface area contributed by atoms with E-state index in [1.54, 1.807) is 5.01 Å². The second-order valence-corrected chi connectivity index (χ2v) is 15.8. The van der Waals surface area contributed by atoms with Crippen molar-refractivity contribution in [1.82, 2.24) is 9.91 Å². The van der Waals surface area contributed by atoms with Crippen LogP contribution in [0.15, 0.2) is 9.98 Å². The van der Waals surface area contributed by atoms with Gasteiger partial charge in [0, 0.05) is 59.0 Å². The van der Waals surface area contributed by atoms with E-state index in [1.165, 1.54) is 116 Å². The fourth-order valence-electron chi connectivity index (χ4n) is 7.39. The zero-order valence-electron chi connectivity index (χ0n) is 37.9. The normalized spacial score (nSPS) is 14.9. The molecular formula is C46H93N5O5. The minimum atomic E-state index is -0.873. The van der Waals surface area contributed by atoms with Crippen LogP contribution in [0, 0.1) is 0 Å². The van der Waals surface area contributed by atoms with E-state index in [9.17, 15) is 0 Å². The molecule has 0 radical (unpaired) electrons. The highest BCUT2D eigenvalue weighted by Gasteiger charge is 2.32. The number of rotatable bonds is 42. The summed E-state index contributed by atoms with van der Waals surface area (Å²) < 4.78 is 29.8. The molecule has 10 heteroatoms. The van der Waals surface area contributed by atoms with Gasteiger partial charge in [-0.25, -0.2) is 5.84 Å². The molecule has 0 aromatic carbocycles. The Hall–Kier alpha value is -1.30. The maximum atomic E-state index is 6.76. The van der Waals surface area contributed by atoms with Crippen molar-refractivity contribution in [2.24, 2.45) is 15.8 Å². The summed E-state index contributed by atoms with van der Waals surface area (Å²) >= 11 is 0. The SMILES string of the molecule is CCCCCCCCCCCCCCCCOC1=NC(N(CCCC)CCCC)N(N)C(CCCOCCCCCCCCCC(OCC)(OCC)OCC)=N1. The Morgan fingerprint density at radius 2 is 0.964 bits per heavy atom. The average molecular weight is 796 g/mol. The van der Waals surface area contributed by atoms with Crippen LogP contribution in [0.5, 0.6) is 0 Å². The molecule has 332 valence electrons. The van der Waals surface area contributed by atoms with Crippen LogP contribution in [0.3, 0.4) is 0 Å². The lowest BCUT2D eigenvalue weighted by Crippen LogP contribution is -2.56. The number of amidine groups is 2. The Morgan fingerprint density at radius 1 is 0.536 bits per heavy atom. The van der Waals surface area contributed by atoms with Crippen LogP contribution < -0.4 is 5.84 Å². The molecule has 0 fully saturated rings. The Labute approximate surface area is 346 Å². The highest BCUT2D eigenvalue weighted by molar-refractivity contribution is 5.95. The highest BCUT2D eigenvalue weighted by atomic mass is 16.9. The molecule has 1 aliphatic rings. The molecule has 0 saturated carbocycles. The van der Waals surface area contributed by atoms with Crippen molar-refractivity contribution >= 4 is 11.9 Å². The van der Waals surface area contributed by atoms with Crippen LogP contribution in [0.1, 0.15) is 221 Å². The van der Waals surface area contributed by atoms with Crippen LogP contribution >= 0.6 is 0 Å². The molecule has 0 aromatic rings. The first-order valence-electron chi connectivity index (χ1n) is 24.1. The van der Waals surface area contributed by atoms with Crippen LogP contribution in [-0.2, 0) is 23.7 Å². The van der Waals surface area contributed by atoms with E-state index in [2.05, 4.69) is 25.7 Å². The lowest BCUT2D eigenvalue weighted by Gasteiger charge is -2.38. The van der Waals surface area contributed by atoms with Gasteiger partial charge in [-0.05, 0) is 59.3 Å². The second-order valence-electron chi connectivity index (χ2n) is 15.8. The van der Waals surface area contributed by atoms with E-state index in [0.717, 1.165) is 89.7 Å². The third-order valence-electron chi connectivity index (χ3n) is 10.7. The molecule has 1 heterocycles. The molecule has 1 atom stereocenters. The molecular weight excluding hydrogens is 703 g/mol. The summed E-state index contributed by atoms with van der Waals surface area (Å²) in [6.07, 6.45) is 33.8. The van der Waals surface area contributed by atoms with Crippen molar-refractivity contribution in [3.63, 3.8) is 0 Å². The minimum Gasteiger partial charge on any atom is -0.464 e. The smallest absolute Gasteiger partial charge is 0.316 e. The molecule has 2 N–H and O–H groups in total. The predicted octanol–water partition coefficient (Wildman–Crippen LogP) is 12.3. The number of hydrogen-bond donors (Lipinski definition) is 1. The van der Waals surface area contributed by atoms with E-state index < -0.39 is 5.97 Å². The van der Waals surface area contributed by atoms with Gasteiger partial charge in [0.1, 0.15) is 5.84 Å². The van der Waals surface area contributed by atoms with Gasteiger partial charge in [-0.1, -0.05) is 149 Å². The summed E-state index contributed by atoms with van der Waals surface area (Å²) in [5.74, 6) is 6.73. The standard InChI is InChI=1S/C46H93N5O5/c1-7-13-16-17-18-19-20-21-22-23-24-28-31-34-42-53-44-48-43(51(47)45(49-44)50(38-14-8-2)39-15-9-3)36-35-41-52-40-33-30-27-25-26-29-32-37-46(54-10-4,55-11-5)56-12-6/h45H,7-42,47H2,1-6H3. The monoisotopic (exact) mass is 796 g/mol. The van der Waals surface area contributed by atoms with Gasteiger partial charge in [0.15, 0.2) is 6.29 Å². The van der Waals surface area contributed by atoms with Gasteiger partial charge in [-0.15, -0.1) is 0 Å². The Bertz CT molecular complexity index is 897. The first-order chi connectivity index (χ1) is 27.5. The topological polar surface area (TPSA) is 103 Å². The van der Waals surface area contributed by atoms with Crippen molar-refractivity contribution in [1.29, 1.82) is 0 Å². The van der Waals surface area contributed by atoms with Crippen LogP contribution in [-0.4, -0.2) is 86.8 Å². The zero-order chi connectivity index (χ0) is 40.8. The molecule has 0 aliphatic carbocycles. The number of ether oxygens (including phenoxy) is 5. The molecule has 10 nitrogen and oxygen atoms in total. The van der Waals surface area contributed by atoms with E-state index >= 15 is 0 Å². The summed E-state index contributed by atoms with van der Waals surface area (Å²) in [6.45, 7) is 18.6. The van der Waals surface area contributed by atoms with Crippen molar-refractivity contribution in [2.75, 3.05) is 52.7 Å². The van der Waals surface area contributed by atoms with Gasteiger partial charge in [-0.2, -0.15) is 9.98 Å². The number of hydrogen-bond acceptors (Lipinski definition) is 10. The number of hydrazine groups is 1. The summed E-state index contributed by atoms with van der Waals surface area (Å²) in [5.41, 5.74) is 0. The zero-order valence-corrected chi connectivity index (χ0v) is 37.9. The lowest BCUT2D eigenvalue weighted by atomic mass is 10.0. The molecule has 0 amide bonds. The molecule has 0 bridgehead atoms. The van der Waals surface area contributed by atoms with Crippen molar-refractivity contribution < 1.29 is 23.7 Å². The quantitative estimate of drug-likeness (QED) is 0.0370. The minimum absolute atomic E-state index is 0.269. The molecule has 56 heavy (non-hydrogen) atoms. The van der Waals surface area contributed by atoms with Gasteiger partial charge in [0.2, 0.25) is 0 Å². The van der Waals surface area contributed by atoms with Crippen LogP contribution in [0.25, 0.3) is 0 Å². The molecule has 1 unspecified atom stereocenters. The van der Waals surface area contributed by atoms with Gasteiger partial charge < -0.3 is 23.7 Å². The third-order valence-corrected chi connectivity index (χ3v) is 10.7. The van der Waals surface area contributed by atoms with Crippen molar-refractivity contribution in [3.05, 3.63) is 0 Å². The van der Waals surface area contributed by atoms with Crippen LogP contribution in [0.4, 0.5) is 0 Å². The third kappa shape index (κ3) is 26.7. The number of aliphatic imine (C=N–C) groups is 2. The first kappa shape index (κ1) is 52.7. The molecule has 0 aromatic heterocycles. The number of nitrogens with zero attached hydrogens (tertiary/aromatic N) is 4. The first-order valence-corrected chi connectivity index (χ1v) is 24.1. The molecule has 1 aliphatic heterocycles. The summed E-state index contributed by atoms with van der Waals surface area (Å²) in [6, 6.07) is 0.498. The van der Waals surface area contributed by atoms with Gasteiger partial charge in [-0.3, -0.25) is 9.91 Å². The summed E-state index contributed by atoms with van der Waals surface area (Å²) in [7, 11) is 0. The Morgan fingerprint density at radius 3 is 1.45 bits per heavy atom. The van der Waals surface area contributed by atoms with Gasteiger partial charge in [0.25, 0.3) is 5.97 Å². The van der Waals surface area contributed by atoms with Crippen LogP contribution in [0.2, 0.25) is 0 Å². The maximum Gasteiger partial charge on any atom is 0.316 e. The average Bonchev–Trinajstić information content (AvgIpc) is 3.19. The van der Waals surface area contributed by atoms with Crippen molar-refractivity contribution in [2.45, 2.75) is 234 Å². The number of unbranched alkanes of at least 4 members (excludes halogenated alkanes) is 21. The maximum absolute atomic E-state index is 6.76. The fraction of sp³-hybridized carbons (Fsp3) is 0.957. The van der Waals surface area contributed by atoms with Gasteiger partial charge >= 0.3 is 6.02 Å². The highest BCUT2D eigenvalue weighted by Crippen LogP contribution is 2.24. The molecule has 0 saturated heterocycles. The Kier molecular flexibility index (Phi) is 35.7. The fourth-order valence-corrected chi connectivity index (χ4v) is 7.39. The molecule has 1 rings (SSSR count). The predicted molar refractivity (Wildman–Crippen MR) is 237 cm³/mol. The second kappa shape index (κ2) is 37.9. The lowest BCUT2D eigenvalue weighted by molar-refractivity contribution is -0.380. The Balaban J connectivity index is 2.39. The largest absolute Gasteiger partial charge is 0.464 e. The van der Waals surface area contributed by atoms with E-state index in [4.69, 9.17) is 39.5 Å².